The molecule has 7 heteroatoms. The maximum Gasteiger partial charge on any atom is 0.355 e. The summed E-state index contributed by atoms with van der Waals surface area (Å²) in [5.74, 6) is -1.02. The second-order valence-electron chi connectivity index (χ2n) is 6.46. The van der Waals surface area contributed by atoms with Gasteiger partial charge < -0.3 is 19.2 Å². The SMILES string of the molecule is CCOC(=O)c1[nH]c(C)c(C(=O)COC(=O)COc2ccc(C)c(C)c2)c1C. The van der Waals surface area contributed by atoms with E-state index in [1.165, 1.54) is 0 Å². The molecular formula is C21H25NO6. The molecule has 1 aromatic heterocycles. The van der Waals surface area contributed by atoms with E-state index in [-0.39, 0.29) is 18.9 Å². The molecule has 0 aliphatic rings. The minimum atomic E-state index is -0.650. The van der Waals surface area contributed by atoms with Gasteiger partial charge in [0.15, 0.2) is 13.2 Å². The summed E-state index contributed by atoms with van der Waals surface area (Å²) in [4.78, 5) is 39.1. The zero-order valence-electron chi connectivity index (χ0n) is 16.8. The highest BCUT2D eigenvalue weighted by molar-refractivity contribution is 6.03. The Morgan fingerprint density at radius 2 is 1.68 bits per heavy atom. The summed E-state index contributed by atoms with van der Waals surface area (Å²) in [7, 11) is 0. The van der Waals surface area contributed by atoms with Gasteiger partial charge in [-0.25, -0.2) is 9.59 Å². The van der Waals surface area contributed by atoms with Gasteiger partial charge in [0.1, 0.15) is 11.4 Å². The Kier molecular flexibility index (Phi) is 6.98. The van der Waals surface area contributed by atoms with Gasteiger partial charge in [0, 0.05) is 11.3 Å². The molecule has 150 valence electrons. The zero-order valence-corrected chi connectivity index (χ0v) is 16.8. The molecule has 0 atom stereocenters. The third kappa shape index (κ3) is 5.00. The number of aromatic nitrogens is 1. The van der Waals surface area contributed by atoms with E-state index in [2.05, 4.69) is 4.98 Å². The summed E-state index contributed by atoms with van der Waals surface area (Å²) in [6.45, 7) is 8.46. The van der Waals surface area contributed by atoms with Gasteiger partial charge in [-0.15, -0.1) is 0 Å². The fourth-order valence-corrected chi connectivity index (χ4v) is 2.78. The molecule has 1 N–H and O–H groups in total. The quantitative estimate of drug-likeness (QED) is 0.552. The molecule has 0 radical (unpaired) electrons. The van der Waals surface area contributed by atoms with Crippen LogP contribution in [0.5, 0.6) is 5.75 Å². The number of hydrogen-bond donors (Lipinski definition) is 1. The van der Waals surface area contributed by atoms with Crippen molar-refractivity contribution in [3.05, 3.63) is 51.8 Å². The Labute approximate surface area is 164 Å². The highest BCUT2D eigenvalue weighted by Gasteiger charge is 2.23. The third-order valence-corrected chi connectivity index (χ3v) is 4.40. The van der Waals surface area contributed by atoms with Crippen molar-refractivity contribution in [2.24, 2.45) is 0 Å². The number of carbonyl (C=O) groups is 3. The first-order chi connectivity index (χ1) is 13.2. The van der Waals surface area contributed by atoms with Crippen molar-refractivity contribution in [3.63, 3.8) is 0 Å². The van der Waals surface area contributed by atoms with Crippen LogP contribution in [-0.2, 0) is 14.3 Å². The molecule has 0 saturated heterocycles. The van der Waals surface area contributed by atoms with Crippen LogP contribution in [-0.4, -0.2) is 42.5 Å². The van der Waals surface area contributed by atoms with Gasteiger partial charge in [-0.1, -0.05) is 6.07 Å². The molecule has 1 heterocycles. The van der Waals surface area contributed by atoms with Crippen molar-refractivity contribution in [3.8, 4) is 5.75 Å². The second kappa shape index (κ2) is 9.21. The maximum atomic E-state index is 12.5. The monoisotopic (exact) mass is 387 g/mol. The summed E-state index contributed by atoms with van der Waals surface area (Å²) in [5.41, 5.74) is 3.73. The average molecular weight is 387 g/mol. The summed E-state index contributed by atoms with van der Waals surface area (Å²) in [5, 5.41) is 0. The molecule has 0 saturated carbocycles. The van der Waals surface area contributed by atoms with Gasteiger partial charge in [-0.3, -0.25) is 4.79 Å². The first-order valence-electron chi connectivity index (χ1n) is 8.99. The summed E-state index contributed by atoms with van der Waals surface area (Å²) in [6, 6.07) is 5.50. The van der Waals surface area contributed by atoms with Gasteiger partial charge in [-0.2, -0.15) is 0 Å². The van der Waals surface area contributed by atoms with Crippen LogP contribution < -0.4 is 4.74 Å². The highest BCUT2D eigenvalue weighted by Crippen LogP contribution is 2.20. The Balaban J connectivity index is 1.93. The lowest BCUT2D eigenvalue weighted by atomic mass is 10.1. The molecule has 7 nitrogen and oxygen atoms in total. The number of ketones is 1. The molecule has 2 rings (SSSR count). The second-order valence-corrected chi connectivity index (χ2v) is 6.46. The molecule has 1 aromatic carbocycles. The van der Waals surface area contributed by atoms with Gasteiger partial charge in [0.2, 0.25) is 5.78 Å². The fraction of sp³-hybridized carbons (Fsp3) is 0.381. The van der Waals surface area contributed by atoms with Crippen LogP contribution in [0.3, 0.4) is 0 Å². The van der Waals surface area contributed by atoms with Gasteiger partial charge in [0.05, 0.1) is 6.61 Å². The van der Waals surface area contributed by atoms with Crippen LogP contribution in [0.1, 0.15) is 50.2 Å². The normalized spacial score (nSPS) is 10.5. The lowest BCUT2D eigenvalue weighted by molar-refractivity contribution is -0.144. The number of rotatable bonds is 8. The molecule has 0 aliphatic carbocycles. The fourth-order valence-electron chi connectivity index (χ4n) is 2.78. The van der Waals surface area contributed by atoms with E-state index in [1.807, 2.05) is 26.0 Å². The van der Waals surface area contributed by atoms with Crippen molar-refractivity contribution in [2.75, 3.05) is 19.8 Å². The predicted molar refractivity (Wildman–Crippen MR) is 103 cm³/mol. The smallest absolute Gasteiger partial charge is 0.355 e. The number of nitrogens with one attached hydrogen (secondary N) is 1. The number of Topliss-reactive ketones (excluding diaryl/α,β-unsaturated/α-hetero) is 1. The van der Waals surface area contributed by atoms with Crippen molar-refractivity contribution in [1.82, 2.24) is 4.98 Å². The Morgan fingerprint density at radius 3 is 2.32 bits per heavy atom. The highest BCUT2D eigenvalue weighted by atomic mass is 16.6. The maximum absolute atomic E-state index is 12.5. The number of ether oxygens (including phenoxy) is 3. The van der Waals surface area contributed by atoms with E-state index in [1.54, 1.807) is 26.8 Å². The third-order valence-electron chi connectivity index (χ3n) is 4.40. The van der Waals surface area contributed by atoms with Crippen molar-refractivity contribution in [1.29, 1.82) is 0 Å². The number of esters is 2. The van der Waals surface area contributed by atoms with Crippen LogP contribution >= 0.6 is 0 Å². The predicted octanol–water partition coefficient (Wildman–Crippen LogP) is 3.23. The van der Waals surface area contributed by atoms with E-state index in [4.69, 9.17) is 14.2 Å². The molecule has 0 unspecified atom stereocenters. The molecule has 0 spiro atoms. The molecule has 0 bridgehead atoms. The standard InChI is InChI=1S/C21H25NO6/c1-6-26-21(25)20-14(4)19(15(5)22-20)17(23)10-28-18(24)11-27-16-8-7-12(2)13(3)9-16/h7-9,22H,6,10-11H2,1-5H3. The molecule has 0 aliphatic heterocycles. The van der Waals surface area contributed by atoms with Gasteiger partial charge >= 0.3 is 11.9 Å². The average Bonchev–Trinajstić information content (AvgIpc) is 2.95. The van der Waals surface area contributed by atoms with E-state index in [0.29, 0.717) is 22.6 Å². The van der Waals surface area contributed by atoms with E-state index < -0.39 is 24.3 Å². The molecule has 0 fully saturated rings. The van der Waals surface area contributed by atoms with Crippen LogP contribution in [0.4, 0.5) is 0 Å². The number of hydrogen-bond acceptors (Lipinski definition) is 6. The van der Waals surface area contributed by atoms with Crippen LogP contribution in [0.15, 0.2) is 18.2 Å². The zero-order chi connectivity index (χ0) is 20.8. The number of H-pyrrole nitrogens is 1. The van der Waals surface area contributed by atoms with Crippen molar-refractivity contribution >= 4 is 17.7 Å². The van der Waals surface area contributed by atoms with Crippen LogP contribution in [0, 0.1) is 27.7 Å². The number of carbonyl (C=O) groups excluding carboxylic acids is 3. The van der Waals surface area contributed by atoms with Crippen LogP contribution in [0.2, 0.25) is 0 Å². The number of aromatic amines is 1. The summed E-state index contributed by atoms with van der Waals surface area (Å²) < 4.78 is 15.4. The Bertz CT molecular complexity index is 897. The lowest BCUT2D eigenvalue weighted by Gasteiger charge is -2.08. The lowest BCUT2D eigenvalue weighted by Crippen LogP contribution is -2.20. The molecule has 2 aromatic rings. The van der Waals surface area contributed by atoms with E-state index in [9.17, 15) is 14.4 Å². The number of aryl methyl sites for hydroxylation is 3. The van der Waals surface area contributed by atoms with Crippen molar-refractivity contribution < 1.29 is 28.6 Å². The number of benzene rings is 1. The topological polar surface area (TPSA) is 94.7 Å². The van der Waals surface area contributed by atoms with Crippen LogP contribution in [0.25, 0.3) is 0 Å². The van der Waals surface area contributed by atoms with Crippen molar-refractivity contribution in [2.45, 2.75) is 34.6 Å². The Hall–Kier alpha value is -3.09. The Morgan fingerprint density at radius 1 is 0.964 bits per heavy atom. The molecular weight excluding hydrogens is 362 g/mol. The molecule has 28 heavy (non-hydrogen) atoms. The summed E-state index contributed by atoms with van der Waals surface area (Å²) >= 11 is 0. The van der Waals surface area contributed by atoms with E-state index in [0.717, 1.165) is 11.1 Å². The minimum Gasteiger partial charge on any atom is -0.482 e. The summed E-state index contributed by atoms with van der Waals surface area (Å²) in [6.07, 6.45) is 0. The van der Waals surface area contributed by atoms with Gasteiger partial charge in [0.25, 0.3) is 0 Å². The largest absolute Gasteiger partial charge is 0.482 e. The first-order valence-corrected chi connectivity index (χ1v) is 8.99. The van der Waals surface area contributed by atoms with Gasteiger partial charge in [-0.05, 0) is 63.4 Å². The first kappa shape index (κ1) is 21.2. The minimum absolute atomic E-state index is 0.229. The van der Waals surface area contributed by atoms with E-state index >= 15 is 0 Å². The molecule has 0 amide bonds.